The number of hydrogen-bond donors (Lipinski definition) is 2. The summed E-state index contributed by atoms with van der Waals surface area (Å²) in [5, 5.41) is 5.76. The second kappa shape index (κ2) is 8.58. The molecular formula is C20H24N4O2. The smallest absolute Gasteiger partial charge is 0.226 e. The highest BCUT2D eigenvalue weighted by Gasteiger charge is 2.37. The molecule has 2 atom stereocenters. The summed E-state index contributed by atoms with van der Waals surface area (Å²) in [6.45, 7) is 2.06. The Hall–Kier alpha value is -2.73. The van der Waals surface area contributed by atoms with Crippen LogP contribution >= 0.6 is 0 Å². The van der Waals surface area contributed by atoms with E-state index >= 15 is 0 Å². The number of nitrogens with zero attached hydrogens (tertiary/aromatic N) is 2. The minimum atomic E-state index is -0.249. The van der Waals surface area contributed by atoms with E-state index in [0.29, 0.717) is 13.1 Å². The first-order valence-corrected chi connectivity index (χ1v) is 8.82. The fourth-order valence-corrected chi connectivity index (χ4v) is 3.40. The molecule has 1 aliphatic rings. The molecule has 2 amide bonds. The standard InChI is InChI=1S/C20H24N4O2/c1-21-20(26)17-13-24(12-15-6-3-2-4-7-15)14-18(17)23-19(25)10-16-8-5-9-22-11-16/h2-9,11,17-18H,10,12-14H2,1H3,(H,21,26)(H,23,25)/t17-,18-/m0/s1. The SMILES string of the molecule is CNC(=O)[C@H]1CN(Cc2ccccc2)C[C@@H]1NC(=O)Cc1cccnc1. The zero-order chi connectivity index (χ0) is 18.4. The number of carbonyl (C=O) groups is 2. The molecule has 0 radical (unpaired) electrons. The summed E-state index contributed by atoms with van der Waals surface area (Å²) in [7, 11) is 1.64. The summed E-state index contributed by atoms with van der Waals surface area (Å²) in [5.41, 5.74) is 2.06. The quantitative estimate of drug-likeness (QED) is 0.813. The van der Waals surface area contributed by atoms with Gasteiger partial charge >= 0.3 is 0 Å². The molecule has 0 saturated carbocycles. The highest BCUT2D eigenvalue weighted by molar-refractivity contribution is 5.83. The molecule has 26 heavy (non-hydrogen) atoms. The Morgan fingerprint density at radius 3 is 2.58 bits per heavy atom. The van der Waals surface area contributed by atoms with Crippen LogP contribution in [0.1, 0.15) is 11.1 Å². The average Bonchev–Trinajstić information content (AvgIpc) is 3.04. The fraction of sp³-hybridized carbons (Fsp3) is 0.350. The van der Waals surface area contributed by atoms with Gasteiger partial charge in [-0.2, -0.15) is 0 Å². The molecule has 1 aromatic carbocycles. The van der Waals surface area contributed by atoms with Crippen molar-refractivity contribution in [3.8, 4) is 0 Å². The van der Waals surface area contributed by atoms with Gasteiger partial charge in [0, 0.05) is 39.1 Å². The molecule has 136 valence electrons. The van der Waals surface area contributed by atoms with Crippen molar-refractivity contribution in [3.05, 3.63) is 66.0 Å². The van der Waals surface area contributed by atoms with Gasteiger partial charge in [-0.3, -0.25) is 19.5 Å². The molecule has 1 aromatic heterocycles. The highest BCUT2D eigenvalue weighted by atomic mass is 16.2. The minimum Gasteiger partial charge on any atom is -0.359 e. The van der Waals surface area contributed by atoms with Gasteiger partial charge in [0.2, 0.25) is 11.8 Å². The molecule has 1 aliphatic heterocycles. The molecule has 2 heterocycles. The molecule has 0 unspecified atom stereocenters. The summed E-state index contributed by atoms with van der Waals surface area (Å²) in [5.74, 6) is -0.368. The van der Waals surface area contributed by atoms with E-state index in [-0.39, 0.29) is 30.2 Å². The molecular weight excluding hydrogens is 328 g/mol. The monoisotopic (exact) mass is 352 g/mol. The molecule has 3 rings (SSSR count). The third kappa shape index (κ3) is 4.67. The van der Waals surface area contributed by atoms with Crippen LogP contribution in [0, 0.1) is 5.92 Å². The Morgan fingerprint density at radius 2 is 1.88 bits per heavy atom. The van der Waals surface area contributed by atoms with Gasteiger partial charge < -0.3 is 10.6 Å². The van der Waals surface area contributed by atoms with Crippen LogP contribution in [0.15, 0.2) is 54.9 Å². The van der Waals surface area contributed by atoms with E-state index in [2.05, 4.69) is 32.7 Å². The Balaban J connectivity index is 1.63. The molecule has 2 aromatic rings. The van der Waals surface area contributed by atoms with Crippen molar-refractivity contribution in [1.29, 1.82) is 0 Å². The largest absolute Gasteiger partial charge is 0.359 e. The van der Waals surface area contributed by atoms with Crippen LogP contribution in [0.5, 0.6) is 0 Å². The van der Waals surface area contributed by atoms with Crippen molar-refractivity contribution in [2.75, 3.05) is 20.1 Å². The second-order valence-electron chi connectivity index (χ2n) is 6.61. The van der Waals surface area contributed by atoms with Crippen LogP contribution in [0.2, 0.25) is 0 Å². The van der Waals surface area contributed by atoms with Gasteiger partial charge in [0.25, 0.3) is 0 Å². The van der Waals surface area contributed by atoms with E-state index in [1.165, 1.54) is 5.56 Å². The molecule has 6 nitrogen and oxygen atoms in total. The number of rotatable bonds is 6. The lowest BCUT2D eigenvalue weighted by atomic mass is 10.0. The van der Waals surface area contributed by atoms with Gasteiger partial charge in [0.05, 0.1) is 18.4 Å². The van der Waals surface area contributed by atoms with Crippen LogP contribution < -0.4 is 10.6 Å². The number of amides is 2. The molecule has 1 saturated heterocycles. The predicted molar refractivity (Wildman–Crippen MR) is 99.1 cm³/mol. The fourth-order valence-electron chi connectivity index (χ4n) is 3.40. The molecule has 1 fully saturated rings. The first-order chi connectivity index (χ1) is 12.7. The molecule has 0 aliphatic carbocycles. The van der Waals surface area contributed by atoms with Crippen molar-refractivity contribution in [2.45, 2.75) is 19.0 Å². The Morgan fingerprint density at radius 1 is 1.12 bits per heavy atom. The zero-order valence-electron chi connectivity index (χ0n) is 14.9. The van der Waals surface area contributed by atoms with Gasteiger partial charge in [-0.05, 0) is 17.2 Å². The summed E-state index contributed by atoms with van der Waals surface area (Å²) >= 11 is 0. The number of likely N-dealkylation sites (tertiary alicyclic amines) is 1. The number of benzene rings is 1. The van der Waals surface area contributed by atoms with E-state index in [0.717, 1.165) is 12.1 Å². The van der Waals surface area contributed by atoms with Crippen LogP contribution in [-0.2, 0) is 22.6 Å². The predicted octanol–water partition coefficient (Wildman–Crippen LogP) is 0.987. The summed E-state index contributed by atoms with van der Waals surface area (Å²) in [4.78, 5) is 30.9. The Bertz CT molecular complexity index is 736. The number of pyridine rings is 1. The molecule has 2 N–H and O–H groups in total. The van der Waals surface area contributed by atoms with E-state index in [4.69, 9.17) is 0 Å². The summed E-state index contributed by atoms with van der Waals surface area (Å²) in [6.07, 6.45) is 3.64. The van der Waals surface area contributed by atoms with Gasteiger partial charge in [-0.1, -0.05) is 36.4 Å². The van der Waals surface area contributed by atoms with Crippen molar-refractivity contribution in [2.24, 2.45) is 5.92 Å². The maximum atomic E-state index is 12.4. The Labute approximate surface area is 153 Å². The number of nitrogens with one attached hydrogen (secondary N) is 2. The number of carbonyl (C=O) groups excluding carboxylic acids is 2. The van der Waals surface area contributed by atoms with Crippen molar-refractivity contribution >= 4 is 11.8 Å². The van der Waals surface area contributed by atoms with Crippen molar-refractivity contribution < 1.29 is 9.59 Å². The van der Waals surface area contributed by atoms with Gasteiger partial charge in [-0.25, -0.2) is 0 Å². The number of hydrogen-bond acceptors (Lipinski definition) is 4. The Kier molecular flexibility index (Phi) is 5.96. The maximum Gasteiger partial charge on any atom is 0.226 e. The van der Waals surface area contributed by atoms with Gasteiger partial charge in [0.1, 0.15) is 0 Å². The van der Waals surface area contributed by atoms with E-state index in [1.54, 1.807) is 19.4 Å². The third-order valence-electron chi connectivity index (χ3n) is 4.66. The molecule has 0 spiro atoms. The average molecular weight is 352 g/mol. The third-order valence-corrected chi connectivity index (χ3v) is 4.66. The lowest BCUT2D eigenvalue weighted by molar-refractivity contribution is -0.125. The highest BCUT2D eigenvalue weighted by Crippen LogP contribution is 2.20. The number of aromatic nitrogens is 1. The molecule has 0 bridgehead atoms. The van der Waals surface area contributed by atoms with Crippen LogP contribution in [0.3, 0.4) is 0 Å². The van der Waals surface area contributed by atoms with Crippen molar-refractivity contribution in [1.82, 2.24) is 20.5 Å². The van der Waals surface area contributed by atoms with Gasteiger partial charge in [-0.15, -0.1) is 0 Å². The minimum absolute atomic E-state index is 0.0350. The molecule has 6 heteroatoms. The van der Waals surface area contributed by atoms with E-state index in [9.17, 15) is 9.59 Å². The first kappa shape index (κ1) is 18.1. The van der Waals surface area contributed by atoms with E-state index in [1.807, 2.05) is 30.3 Å². The van der Waals surface area contributed by atoms with Crippen LogP contribution in [0.25, 0.3) is 0 Å². The van der Waals surface area contributed by atoms with Gasteiger partial charge in [0.15, 0.2) is 0 Å². The van der Waals surface area contributed by atoms with E-state index < -0.39 is 0 Å². The van der Waals surface area contributed by atoms with Crippen LogP contribution in [-0.4, -0.2) is 47.9 Å². The first-order valence-electron chi connectivity index (χ1n) is 8.82. The zero-order valence-corrected chi connectivity index (χ0v) is 14.9. The second-order valence-corrected chi connectivity index (χ2v) is 6.61. The van der Waals surface area contributed by atoms with Crippen molar-refractivity contribution in [3.63, 3.8) is 0 Å². The summed E-state index contributed by atoms with van der Waals surface area (Å²) < 4.78 is 0. The topological polar surface area (TPSA) is 74.3 Å². The summed E-state index contributed by atoms with van der Waals surface area (Å²) in [6, 6.07) is 13.6. The van der Waals surface area contributed by atoms with Crippen LogP contribution in [0.4, 0.5) is 0 Å². The maximum absolute atomic E-state index is 12.4. The lowest BCUT2D eigenvalue weighted by Gasteiger charge is -2.18. The lowest BCUT2D eigenvalue weighted by Crippen LogP contribution is -2.46. The normalized spacial score (nSPS) is 19.9.